The van der Waals surface area contributed by atoms with E-state index >= 15 is 0 Å². The molecular weight excluding hydrogens is 238 g/mol. The van der Waals surface area contributed by atoms with E-state index in [1.165, 1.54) is 28.3 Å². The molecule has 0 aliphatic carbocycles. The van der Waals surface area contributed by atoms with Gasteiger partial charge in [-0.15, -0.1) is 0 Å². The van der Waals surface area contributed by atoms with Gasteiger partial charge in [0.15, 0.2) is 0 Å². The van der Waals surface area contributed by atoms with E-state index in [4.69, 9.17) is 13.3 Å². The number of amides is 1. The Morgan fingerprint density at radius 1 is 1.12 bits per heavy atom. The van der Waals surface area contributed by atoms with Gasteiger partial charge in [0, 0.05) is 39.1 Å². The van der Waals surface area contributed by atoms with E-state index in [9.17, 15) is 4.79 Å². The van der Waals surface area contributed by atoms with Crippen LogP contribution in [-0.2, 0) is 18.1 Å². The largest absolute Gasteiger partial charge is 0.538 e. The molecule has 6 heteroatoms. The molecule has 0 unspecified atom stereocenters. The van der Waals surface area contributed by atoms with Crippen LogP contribution in [0, 0.1) is 0 Å². The van der Waals surface area contributed by atoms with E-state index in [0.717, 1.165) is 5.19 Å². The first-order valence-electron chi connectivity index (χ1n) is 5.12. The third-order valence-corrected chi connectivity index (χ3v) is 5.08. The Hall–Kier alpha value is -1.21. The maximum Gasteiger partial charge on any atom is 0.538 e. The molecule has 0 spiro atoms. The predicted octanol–water partition coefficient (Wildman–Crippen LogP) is 0.730. The fourth-order valence-corrected chi connectivity index (χ4v) is 3.56. The molecule has 0 heterocycles. The van der Waals surface area contributed by atoms with E-state index in [1.54, 1.807) is 6.07 Å². The van der Waals surface area contributed by atoms with Crippen molar-refractivity contribution in [2.24, 2.45) is 0 Å². The molecule has 0 saturated carbocycles. The summed E-state index contributed by atoms with van der Waals surface area (Å²) in [6.45, 7) is 1.45. The van der Waals surface area contributed by atoms with Gasteiger partial charge in [-0.05, 0) is 6.07 Å². The second kappa shape index (κ2) is 5.92. The van der Waals surface area contributed by atoms with Crippen molar-refractivity contribution < 1.29 is 18.1 Å². The highest BCUT2D eigenvalue weighted by Gasteiger charge is 2.42. The van der Waals surface area contributed by atoms with Gasteiger partial charge in [-0.1, -0.05) is 18.2 Å². The van der Waals surface area contributed by atoms with Crippen molar-refractivity contribution in [1.82, 2.24) is 0 Å². The monoisotopic (exact) mass is 255 g/mol. The summed E-state index contributed by atoms with van der Waals surface area (Å²) in [7, 11) is 1.67. The Balaban J connectivity index is 3.23. The third-order valence-electron chi connectivity index (χ3n) is 2.37. The van der Waals surface area contributed by atoms with Crippen LogP contribution in [0.25, 0.3) is 0 Å². The number of rotatable bonds is 5. The molecule has 1 aromatic rings. The summed E-state index contributed by atoms with van der Waals surface area (Å²) in [5.41, 5.74) is 0.650. The second-order valence-electron chi connectivity index (χ2n) is 3.40. The molecule has 1 amide bonds. The lowest BCUT2D eigenvalue weighted by molar-refractivity contribution is -0.114. The zero-order chi connectivity index (χ0) is 12.9. The average Bonchev–Trinajstić information content (AvgIpc) is 2.33. The van der Waals surface area contributed by atoms with E-state index in [0.29, 0.717) is 5.69 Å². The Morgan fingerprint density at radius 3 is 2.12 bits per heavy atom. The number of nitrogens with one attached hydrogen (secondary N) is 1. The molecule has 0 aliphatic rings. The van der Waals surface area contributed by atoms with Crippen molar-refractivity contribution in [1.29, 1.82) is 0 Å². The quantitative estimate of drug-likeness (QED) is 0.788. The normalized spacial score (nSPS) is 11.3. The van der Waals surface area contributed by atoms with Crippen molar-refractivity contribution in [2.45, 2.75) is 6.92 Å². The summed E-state index contributed by atoms with van der Waals surface area (Å²) in [5.74, 6) is -0.149. The van der Waals surface area contributed by atoms with Gasteiger partial charge in [-0.25, -0.2) is 0 Å². The molecule has 94 valence electrons. The molecular formula is C11H17NO4Si. The first-order valence-corrected chi connectivity index (χ1v) is 6.84. The fourth-order valence-electron chi connectivity index (χ4n) is 1.63. The van der Waals surface area contributed by atoms with Crippen molar-refractivity contribution >= 4 is 25.6 Å². The van der Waals surface area contributed by atoms with Crippen LogP contribution in [0.5, 0.6) is 0 Å². The zero-order valence-electron chi connectivity index (χ0n) is 10.4. The highest BCUT2D eigenvalue weighted by molar-refractivity contribution is 6.76. The molecule has 0 bridgehead atoms. The Morgan fingerprint density at radius 2 is 1.65 bits per heavy atom. The van der Waals surface area contributed by atoms with Crippen LogP contribution < -0.4 is 10.5 Å². The topological polar surface area (TPSA) is 56.8 Å². The summed E-state index contributed by atoms with van der Waals surface area (Å²) in [5, 5.41) is 3.48. The SMILES string of the molecule is CO[Si](OC)(OC)c1ccccc1NC(C)=O. The lowest BCUT2D eigenvalue weighted by Crippen LogP contribution is -2.55. The fraction of sp³-hybridized carbons (Fsp3) is 0.364. The van der Waals surface area contributed by atoms with Crippen LogP contribution in [0.15, 0.2) is 24.3 Å². The maximum absolute atomic E-state index is 11.1. The van der Waals surface area contributed by atoms with Crippen LogP contribution in [-0.4, -0.2) is 36.0 Å². The number of para-hydroxylation sites is 1. The maximum atomic E-state index is 11.1. The first-order chi connectivity index (χ1) is 8.09. The number of anilines is 1. The van der Waals surface area contributed by atoms with Gasteiger partial charge in [-0.2, -0.15) is 0 Å². The average molecular weight is 255 g/mol. The summed E-state index contributed by atoms with van der Waals surface area (Å²) in [6.07, 6.45) is 0. The molecule has 0 atom stereocenters. The first kappa shape index (κ1) is 13.9. The molecule has 5 nitrogen and oxygen atoms in total. The predicted molar refractivity (Wildman–Crippen MR) is 67.2 cm³/mol. The van der Waals surface area contributed by atoms with Crippen LogP contribution in [0.4, 0.5) is 5.69 Å². The van der Waals surface area contributed by atoms with Crippen LogP contribution in [0.2, 0.25) is 0 Å². The summed E-state index contributed by atoms with van der Waals surface area (Å²) in [6, 6.07) is 7.29. The molecule has 1 N–H and O–H groups in total. The lowest BCUT2D eigenvalue weighted by atomic mass is 10.3. The van der Waals surface area contributed by atoms with Crippen molar-refractivity contribution in [3.8, 4) is 0 Å². The van der Waals surface area contributed by atoms with Crippen molar-refractivity contribution in [2.75, 3.05) is 26.6 Å². The lowest BCUT2D eigenvalue weighted by Gasteiger charge is -2.26. The third kappa shape index (κ3) is 2.92. The Labute approximate surface area is 102 Å². The number of benzene rings is 1. The van der Waals surface area contributed by atoms with Crippen molar-refractivity contribution in [3.63, 3.8) is 0 Å². The standard InChI is InChI=1S/C11H17NO4Si/c1-9(13)12-10-7-5-6-8-11(10)17(14-2,15-3)16-4/h5-8H,1-4H3,(H,12,13). The Bertz CT molecular complexity index is 385. The summed E-state index contributed by atoms with van der Waals surface area (Å²) >= 11 is 0. The highest BCUT2D eigenvalue weighted by Crippen LogP contribution is 2.14. The molecule has 17 heavy (non-hydrogen) atoms. The minimum absolute atomic E-state index is 0.149. The molecule has 0 aliphatic heterocycles. The van der Waals surface area contributed by atoms with Gasteiger partial charge < -0.3 is 18.6 Å². The second-order valence-corrected chi connectivity index (χ2v) is 6.27. The van der Waals surface area contributed by atoms with E-state index in [1.807, 2.05) is 18.2 Å². The summed E-state index contributed by atoms with van der Waals surface area (Å²) < 4.78 is 16.2. The minimum Gasteiger partial charge on any atom is -0.373 e. The van der Waals surface area contributed by atoms with Crippen LogP contribution >= 0.6 is 0 Å². The van der Waals surface area contributed by atoms with Gasteiger partial charge in [0.2, 0.25) is 5.91 Å². The molecule has 0 aromatic heterocycles. The molecule has 0 radical (unpaired) electrons. The van der Waals surface area contributed by atoms with E-state index < -0.39 is 8.80 Å². The number of hydrogen-bond acceptors (Lipinski definition) is 4. The van der Waals surface area contributed by atoms with Gasteiger partial charge in [0.25, 0.3) is 0 Å². The number of carbonyl (C=O) groups is 1. The van der Waals surface area contributed by atoms with Gasteiger partial charge >= 0.3 is 8.80 Å². The van der Waals surface area contributed by atoms with Crippen LogP contribution in [0.1, 0.15) is 6.92 Å². The van der Waals surface area contributed by atoms with E-state index in [2.05, 4.69) is 5.32 Å². The van der Waals surface area contributed by atoms with Gasteiger partial charge in [-0.3, -0.25) is 4.79 Å². The molecule has 0 fully saturated rings. The van der Waals surface area contributed by atoms with Gasteiger partial charge in [0.05, 0.1) is 0 Å². The minimum atomic E-state index is -2.92. The molecule has 0 saturated heterocycles. The zero-order valence-corrected chi connectivity index (χ0v) is 11.4. The molecule has 1 aromatic carbocycles. The highest BCUT2D eigenvalue weighted by atomic mass is 28.4. The number of hydrogen-bond donors (Lipinski definition) is 1. The Kier molecular flexibility index (Phi) is 4.82. The van der Waals surface area contributed by atoms with Crippen molar-refractivity contribution in [3.05, 3.63) is 24.3 Å². The van der Waals surface area contributed by atoms with E-state index in [-0.39, 0.29) is 5.91 Å². The number of carbonyl (C=O) groups excluding carboxylic acids is 1. The van der Waals surface area contributed by atoms with Crippen LogP contribution in [0.3, 0.4) is 0 Å². The molecule has 1 rings (SSSR count). The summed E-state index contributed by atoms with van der Waals surface area (Å²) in [4.78, 5) is 11.1. The smallest absolute Gasteiger partial charge is 0.373 e. The van der Waals surface area contributed by atoms with Gasteiger partial charge in [0.1, 0.15) is 0 Å².